The minimum absolute atomic E-state index is 0.0987. The molecule has 2 rings (SSSR count). The quantitative estimate of drug-likeness (QED) is 0.757. The van der Waals surface area contributed by atoms with Crippen molar-refractivity contribution in [2.24, 2.45) is 0 Å². The summed E-state index contributed by atoms with van der Waals surface area (Å²) in [5, 5.41) is 12.2. The highest BCUT2D eigenvalue weighted by Crippen LogP contribution is 2.09. The maximum absolute atomic E-state index is 12.2. The zero-order valence-electron chi connectivity index (χ0n) is 9.52. The van der Waals surface area contributed by atoms with Crippen LogP contribution < -0.4 is 5.32 Å². The van der Waals surface area contributed by atoms with Crippen molar-refractivity contribution in [1.29, 1.82) is 5.26 Å². The van der Waals surface area contributed by atoms with Crippen LogP contribution in [0.5, 0.6) is 0 Å². The van der Waals surface area contributed by atoms with Crippen molar-refractivity contribution < 1.29 is 4.79 Å². The molecule has 0 spiro atoms. The molecular weight excluding hydrogens is 216 g/mol. The Morgan fingerprint density at radius 2 is 2.35 bits per heavy atom. The summed E-state index contributed by atoms with van der Waals surface area (Å²) in [5.74, 6) is -0.0987. The standard InChI is InChI=1S/C12H14N4O/c13-9-11-10(3-1-5-15-11)12(17)16-7-2-4-14-6-8-16/h1,3,5,14H,2,4,6-8H2. The first-order valence-corrected chi connectivity index (χ1v) is 5.68. The lowest BCUT2D eigenvalue weighted by Gasteiger charge is -2.20. The Morgan fingerprint density at radius 1 is 1.47 bits per heavy atom. The van der Waals surface area contributed by atoms with E-state index in [1.807, 2.05) is 6.07 Å². The summed E-state index contributed by atoms with van der Waals surface area (Å²) in [6.45, 7) is 3.14. The van der Waals surface area contributed by atoms with E-state index < -0.39 is 0 Å². The monoisotopic (exact) mass is 230 g/mol. The first-order valence-electron chi connectivity index (χ1n) is 5.68. The smallest absolute Gasteiger partial charge is 0.256 e. The van der Waals surface area contributed by atoms with Gasteiger partial charge in [0.1, 0.15) is 6.07 Å². The average Bonchev–Trinajstić information content (AvgIpc) is 2.66. The average molecular weight is 230 g/mol. The molecule has 1 aliphatic rings. The number of hydrogen-bond acceptors (Lipinski definition) is 4. The van der Waals surface area contributed by atoms with Gasteiger partial charge in [0.15, 0.2) is 5.69 Å². The van der Waals surface area contributed by atoms with Gasteiger partial charge in [0.05, 0.1) is 5.56 Å². The molecule has 88 valence electrons. The van der Waals surface area contributed by atoms with Gasteiger partial charge in [0.2, 0.25) is 0 Å². The molecule has 1 aliphatic heterocycles. The number of aromatic nitrogens is 1. The number of hydrogen-bond donors (Lipinski definition) is 1. The van der Waals surface area contributed by atoms with Crippen molar-refractivity contribution in [3.8, 4) is 6.07 Å². The molecule has 0 atom stereocenters. The van der Waals surface area contributed by atoms with E-state index >= 15 is 0 Å². The second-order valence-electron chi connectivity index (χ2n) is 3.91. The summed E-state index contributed by atoms with van der Waals surface area (Å²) in [4.78, 5) is 17.9. The molecule has 1 amide bonds. The highest BCUT2D eigenvalue weighted by Gasteiger charge is 2.19. The molecule has 1 N–H and O–H groups in total. The molecule has 0 aliphatic carbocycles. The number of nitriles is 1. The summed E-state index contributed by atoms with van der Waals surface area (Å²) in [7, 11) is 0. The maximum atomic E-state index is 12.2. The van der Waals surface area contributed by atoms with Crippen LogP contribution in [0.1, 0.15) is 22.5 Å². The van der Waals surface area contributed by atoms with E-state index in [1.54, 1.807) is 17.0 Å². The Hall–Kier alpha value is -1.93. The van der Waals surface area contributed by atoms with Crippen LogP contribution in [0, 0.1) is 11.3 Å². The van der Waals surface area contributed by atoms with Gasteiger partial charge in [0, 0.05) is 25.8 Å². The van der Waals surface area contributed by atoms with Gasteiger partial charge in [-0.25, -0.2) is 4.98 Å². The molecule has 1 aromatic heterocycles. The van der Waals surface area contributed by atoms with Crippen molar-refractivity contribution in [2.75, 3.05) is 26.2 Å². The maximum Gasteiger partial charge on any atom is 0.256 e. The zero-order chi connectivity index (χ0) is 12.1. The first-order chi connectivity index (χ1) is 8.33. The summed E-state index contributed by atoms with van der Waals surface area (Å²) in [6.07, 6.45) is 2.47. The van der Waals surface area contributed by atoms with Crippen LogP contribution in [0.2, 0.25) is 0 Å². The first kappa shape index (κ1) is 11.6. The van der Waals surface area contributed by atoms with Crippen LogP contribution in [0.15, 0.2) is 18.3 Å². The van der Waals surface area contributed by atoms with Gasteiger partial charge in [-0.15, -0.1) is 0 Å². The molecule has 1 fully saturated rings. The second-order valence-corrected chi connectivity index (χ2v) is 3.91. The predicted molar refractivity (Wildman–Crippen MR) is 62.3 cm³/mol. The fraction of sp³-hybridized carbons (Fsp3) is 0.417. The number of pyridine rings is 1. The van der Waals surface area contributed by atoms with Crippen LogP contribution in [0.4, 0.5) is 0 Å². The van der Waals surface area contributed by atoms with E-state index in [-0.39, 0.29) is 11.6 Å². The number of carbonyl (C=O) groups excluding carboxylic acids is 1. The van der Waals surface area contributed by atoms with Gasteiger partial charge < -0.3 is 10.2 Å². The van der Waals surface area contributed by atoms with Gasteiger partial charge in [-0.05, 0) is 25.1 Å². The molecule has 1 aromatic rings. The lowest BCUT2D eigenvalue weighted by Crippen LogP contribution is -2.34. The third-order valence-electron chi connectivity index (χ3n) is 2.77. The van der Waals surface area contributed by atoms with E-state index in [2.05, 4.69) is 10.3 Å². The number of nitrogens with one attached hydrogen (secondary N) is 1. The minimum Gasteiger partial charge on any atom is -0.337 e. The van der Waals surface area contributed by atoms with E-state index in [4.69, 9.17) is 5.26 Å². The number of rotatable bonds is 1. The predicted octanol–water partition coefficient (Wildman–Crippen LogP) is 0.389. The minimum atomic E-state index is -0.0987. The molecule has 0 bridgehead atoms. The SMILES string of the molecule is N#Cc1ncccc1C(=O)N1CCCNCC1. The van der Waals surface area contributed by atoms with Crippen molar-refractivity contribution in [2.45, 2.75) is 6.42 Å². The molecule has 0 aromatic carbocycles. The van der Waals surface area contributed by atoms with Crippen molar-refractivity contribution in [3.63, 3.8) is 0 Å². The van der Waals surface area contributed by atoms with Crippen LogP contribution in [0.3, 0.4) is 0 Å². The zero-order valence-corrected chi connectivity index (χ0v) is 9.52. The lowest BCUT2D eigenvalue weighted by molar-refractivity contribution is 0.0765. The highest BCUT2D eigenvalue weighted by molar-refractivity contribution is 5.96. The molecule has 0 saturated carbocycles. The molecule has 5 heteroatoms. The van der Waals surface area contributed by atoms with Gasteiger partial charge in [-0.3, -0.25) is 4.79 Å². The highest BCUT2D eigenvalue weighted by atomic mass is 16.2. The summed E-state index contributed by atoms with van der Waals surface area (Å²) in [5.41, 5.74) is 0.603. The fourth-order valence-corrected chi connectivity index (χ4v) is 1.89. The largest absolute Gasteiger partial charge is 0.337 e. The normalized spacial score (nSPS) is 16.1. The van der Waals surface area contributed by atoms with Gasteiger partial charge in [-0.2, -0.15) is 5.26 Å². The lowest BCUT2D eigenvalue weighted by atomic mass is 10.1. The van der Waals surface area contributed by atoms with Crippen LogP contribution in [-0.2, 0) is 0 Å². The molecule has 5 nitrogen and oxygen atoms in total. The topological polar surface area (TPSA) is 69.0 Å². The Morgan fingerprint density at radius 3 is 3.18 bits per heavy atom. The van der Waals surface area contributed by atoms with E-state index in [0.717, 1.165) is 26.1 Å². The third-order valence-corrected chi connectivity index (χ3v) is 2.77. The third kappa shape index (κ3) is 2.60. The molecule has 0 unspecified atom stereocenters. The number of nitrogens with zero attached hydrogens (tertiary/aromatic N) is 3. The van der Waals surface area contributed by atoms with Crippen LogP contribution in [-0.4, -0.2) is 42.0 Å². The van der Waals surface area contributed by atoms with Crippen molar-refractivity contribution >= 4 is 5.91 Å². The van der Waals surface area contributed by atoms with E-state index in [0.29, 0.717) is 12.1 Å². The molecule has 2 heterocycles. The molecule has 0 radical (unpaired) electrons. The Balaban J connectivity index is 2.21. The summed E-state index contributed by atoms with van der Waals surface area (Å²) in [6, 6.07) is 5.30. The van der Waals surface area contributed by atoms with E-state index in [9.17, 15) is 4.79 Å². The van der Waals surface area contributed by atoms with Gasteiger partial charge in [0.25, 0.3) is 5.91 Å². The van der Waals surface area contributed by atoms with Crippen molar-refractivity contribution in [1.82, 2.24) is 15.2 Å². The van der Waals surface area contributed by atoms with Gasteiger partial charge in [-0.1, -0.05) is 0 Å². The van der Waals surface area contributed by atoms with Crippen LogP contribution in [0.25, 0.3) is 0 Å². The van der Waals surface area contributed by atoms with Crippen molar-refractivity contribution in [3.05, 3.63) is 29.6 Å². The Labute approximate surface area is 100 Å². The molecule has 1 saturated heterocycles. The summed E-state index contributed by atoms with van der Waals surface area (Å²) >= 11 is 0. The Bertz CT molecular complexity index is 444. The molecular formula is C12H14N4O. The molecule has 17 heavy (non-hydrogen) atoms. The van der Waals surface area contributed by atoms with Crippen LogP contribution >= 0.6 is 0 Å². The van der Waals surface area contributed by atoms with E-state index in [1.165, 1.54) is 6.20 Å². The van der Waals surface area contributed by atoms with Gasteiger partial charge >= 0.3 is 0 Å². The Kier molecular flexibility index (Phi) is 3.68. The summed E-state index contributed by atoms with van der Waals surface area (Å²) < 4.78 is 0. The second kappa shape index (κ2) is 5.41. The number of carbonyl (C=O) groups is 1. The number of amides is 1. The fourth-order valence-electron chi connectivity index (χ4n) is 1.89.